The Bertz CT molecular complexity index is 248. The van der Waals surface area contributed by atoms with Crippen LogP contribution in [0.4, 0.5) is 9.59 Å². The summed E-state index contributed by atoms with van der Waals surface area (Å²) in [6.07, 6.45) is 4.04. The molecule has 0 aliphatic carbocycles. The van der Waals surface area contributed by atoms with Crippen molar-refractivity contribution in [2.75, 3.05) is 26.2 Å². The zero-order chi connectivity index (χ0) is 9.97. The SMILES string of the molecule is O=C1NCCN1C(=O)N1CC[CH]CC1. The summed E-state index contributed by atoms with van der Waals surface area (Å²) in [5.74, 6) is 0. The molecule has 2 fully saturated rings. The van der Waals surface area contributed by atoms with Crippen LogP contribution in [-0.2, 0) is 0 Å². The molecule has 0 bridgehead atoms. The van der Waals surface area contributed by atoms with Crippen molar-refractivity contribution in [2.24, 2.45) is 0 Å². The van der Waals surface area contributed by atoms with Crippen molar-refractivity contribution in [2.45, 2.75) is 12.8 Å². The predicted octanol–water partition coefficient (Wildman–Crippen LogP) is 0.432. The van der Waals surface area contributed by atoms with Gasteiger partial charge in [0.2, 0.25) is 0 Å². The van der Waals surface area contributed by atoms with Gasteiger partial charge in [-0.05, 0) is 19.3 Å². The monoisotopic (exact) mass is 196 g/mol. The molecular weight excluding hydrogens is 182 g/mol. The minimum Gasteiger partial charge on any atom is -0.336 e. The number of hydrogen-bond donors (Lipinski definition) is 1. The van der Waals surface area contributed by atoms with Crippen molar-refractivity contribution in [1.82, 2.24) is 15.1 Å². The van der Waals surface area contributed by atoms with E-state index in [-0.39, 0.29) is 12.1 Å². The fourth-order valence-electron chi connectivity index (χ4n) is 1.77. The first-order valence-corrected chi connectivity index (χ1v) is 4.95. The van der Waals surface area contributed by atoms with E-state index in [4.69, 9.17) is 0 Å². The molecule has 14 heavy (non-hydrogen) atoms. The van der Waals surface area contributed by atoms with E-state index in [2.05, 4.69) is 11.7 Å². The van der Waals surface area contributed by atoms with Gasteiger partial charge >= 0.3 is 12.1 Å². The number of rotatable bonds is 0. The van der Waals surface area contributed by atoms with Crippen LogP contribution in [-0.4, -0.2) is 48.0 Å². The quantitative estimate of drug-likeness (QED) is 0.611. The molecule has 2 aliphatic rings. The van der Waals surface area contributed by atoms with E-state index in [1.165, 1.54) is 4.90 Å². The van der Waals surface area contributed by atoms with Crippen LogP contribution < -0.4 is 5.32 Å². The molecule has 77 valence electrons. The predicted molar refractivity (Wildman–Crippen MR) is 50.6 cm³/mol. The Morgan fingerprint density at radius 3 is 2.57 bits per heavy atom. The summed E-state index contributed by atoms with van der Waals surface area (Å²) in [5, 5.41) is 2.62. The summed E-state index contributed by atoms with van der Waals surface area (Å²) < 4.78 is 0. The van der Waals surface area contributed by atoms with E-state index in [0.717, 1.165) is 25.9 Å². The summed E-state index contributed by atoms with van der Waals surface area (Å²) in [6.45, 7) is 2.55. The van der Waals surface area contributed by atoms with E-state index >= 15 is 0 Å². The number of nitrogens with zero attached hydrogens (tertiary/aromatic N) is 2. The van der Waals surface area contributed by atoms with Gasteiger partial charge in [-0.25, -0.2) is 14.5 Å². The molecule has 5 nitrogen and oxygen atoms in total. The second kappa shape index (κ2) is 3.86. The van der Waals surface area contributed by atoms with E-state index in [9.17, 15) is 9.59 Å². The number of imide groups is 1. The Labute approximate surface area is 83.0 Å². The highest BCUT2D eigenvalue weighted by molar-refractivity contribution is 5.94. The highest BCUT2D eigenvalue weighted by Gasteiger charge is 2.30. The van der Waals surface area contributed by atoms with E-state index in [1.807, 2.05) is 0 Å². The number of carbonyl (C=O) groups excluding carboxylic acids is 2. The summed E-state index contributed by atoms with van der Waals surface area (Å²) >= 11 is 0. The Hall–Kier alpha value is -1.26. The fraction of sp³-hybridized carbons (Fsp3) is 0.667. The standard InChI is InChI=1S/C9H14N3O2/c13-8-10-4-7-12(8)9(14)11-5-2-1-3-6-11/h1H,2-7H2,(H,10,13). The van der Waals surface area contributed by atoms with Crippen LogP contribution in [0.25, 0.3) is 0 Å². The van der Waals surface area contributed by atoms with Gasteiger partial charge in [-0.3, -0.25) is 0 Å². The Morgan fingerprint density at radius 1 is 1.29 bits per heavy atom. The van der Waals surface area contributed by atoms with Gasteiger partial charge in [0.15, 0.2) is 0 Å². The number of amides is 4. The average molecular weight is 196 g/mol. The Balaban J connectivity index is 1.96. The van der Waals surface area contributed by atoms with Crippen molar-refractivity contribution < 1.29 is 9.59 Å². The number of urea groups is 2. The number of nitrogens with one attached hydrogen (secondary N) is 1. The summed E-state index contributed by atoms with van der Waals surface area (Å²) in [6, 6.07) is -0.405. The molecule has 0 atom stereocenters. The van der Waals surface area contributed by atoms with Crippen molar-refractivity contribution in [3.8, 4) is 0 Å². The average Bonchev–Trinajstić information content (AvgIpc) is 2.65. The molecule has 2 aliphatic heterocycles. The van der Waals surface area contributed by atoms with Crippen molar-refractivity contribution in [3.63, 3.8) is 0 Å². The topological polar surface area (TPSA) is 52.7 Å². The normalized spacial score (nSPS) is 22.4. The maximum absolute atomic E-state index is 11.8. The molecule has 5 heteroatoms. The third-order valence-electron chi connectivity index (χ3n) is 2.56. The summed E-state index contributed by atoms with van der Waals surface area (Å²) in [4.78, 5) is 26.0. The maximum Gasteiger partial charge on any atom is 0.328 e. The van der Waals surface area contributed by atoms with E-state index in [0.29, 0.717) is 13.1 Å². The summed E-state index contributed by atoms with van der Waals surface area (Å²) in [5.41, 5.74) is 0. The van der Waals surface area contributed by atoms with E-state index in [1.54, 1.807) is 4.90 Å². The molecule has 0 unspecified atom stereocenters. The van der Waals surface area contributed by atoms with Gasteiger partial charge in [0, 0.05) is 26.2 Å². The second-order valence-corrected chi connectivity index (χ2v) is 3.52. The lowest BCUT2D eigenvalue weighted by Crippen LogP contribution is -2.46. The zero-order valence-electron chi connectivity index (χ0n) is 8.03. The van der Waals surface area contributed by atoms with Crippen molar-refractivity contribution >= 4 is 12.1 Å². The van der Waals surface area contributed by atoms with Gasteiger partial charge in [0.1, 0.15) is 0 Å². The van der Waals surface area contributed by atoms with Gasteiger partial charge in [-0.1, -0.05) is 0 Å². The molecule has 0 spiro atoms. The van der Waals surface area contributed by atoms with Gasteiger partial charge in [0.05, 0.1) is 0 Å². The lowest BCUT2D eigenvalue weighted by molar-refractivity contribution is 0.160. The van der Waals surface area contributed by atoms with Crippen LogP contribution >= 0.6 is 0 Å². The number of likely N-dealkylation sites (tertiary alicyclic amines) is 1. The molecule has 1 N–H and O–H groups in total. The second-order valence-electron chi connectivity index (χ2n) is 3.52. The van der Waals surface area contributed by atoms with Crippen LogP contribution in [0.1, 0.15) is 12.8 Å². The maximum atomic E-state index is 11.8. The minimum atomic E-state index is -0.260. The first-order valence-electron chi connectivity index (χ1n) is 4.95. The number of carbonyl (C=O) groups is 2. The highest BCUT2D eigenvalue weighted by atomic mass is 16.2. The molecule has 2 saturated heterocycles. The molecule has 0 aromatic carbocycles. The first kappa shape index (κ1) is 9.30. The molecule has 4 amide bonds. The third-order valence-corrected chi connectivity index (χ3v) is 2.56. The van der Waals surface area contributed by atoms with Crippen LogP contribution in [0.2, 0.25) is 0 Å². The van der Waals surface area contributed by atoms with Gasteiger partial charge in [-0.2, -0.15) is 0 Å². The fourth-order valence-corrected chi connectivity index (χ4v) is 1.77. The van der Waals surface area contributed by atoms with Gasteiger partial charge in [0.25, 0.3) is 0 Å². The van der Waals surface area contributed by atoms with Gasteiger partial charge in [-0.15, -0.1) is 0 Å². The number of hydrogen-bond acceptors (Lipinski definition) is 2. The van der Waals surface area contributed by atoms with Crippen LogP contribution in [0.5, 0.6) is 0 Å². The van der Waals surface area contributed by atoms with E-state index < -0.39 is 0 Å². The van der Waals surface area contributed by atoms with Gasteiger partial charge < -0.3 is 10.2 Å². The lowest BCUT2D eigenvalue weighted by Gasteiger charge is -2.29. The van der Waals surface area contributed by atoms with Crippen molar-refractivity contribution in [3.05, 3.63) is 6.42 Å². The van der Waals surface area contributed by atoms with Crippen LogP contribution in [0.3, 0.4) is 0 Å². The molecule has 1 radical (unpaired) electrons. The molecule has 0 aromatic rings. The molecular formula is C9H14N3O2. The highest BCUT2D eigenvalue weighted by Crippen LogP contribution is 2.11. The smallest absolute Gasteiger partial charge is 0.328 e. The van der Waals surface area contributed by atoms with Crippen LogP contribution in [0, 0.1) is 6.42 Å². The van der Waals surface area contributed by atoms with Crippen LogP contribution in [0.15, 0.2) is 0 Å². The Morgan fingerprint density at radius 2 is 2.00 bits per heavy atom. The molecule has 2 rings (SSSR count). The Kier molecular flexibility index (Phi) is 2.56. The number of piperidine rings is 1. The lowest BCUT2D eigenvalue weighted by atomic mass is 10.1. The largest absolute Gasteiger partial charge is 0.336 e. The zero-order valence-corrected chi connectivity index (χ0v) is 8.03. The minimum absolute atomic E-state index is 0.145. The van der Waals surface area contributed by atoms with Crippen molar-refractivity contribution in [1.29, 1.82) is 0 Å². The summed E-state index contributed by atoms with van der Waals surface area (Å²) in [7, 11) is 0. The molecule has 0 aromatic heterocycles. The molecule has 0 saturated carbocycles. The molecule has 2 heterocycles. The third kappa shape index (κ3) is 1.66. The first-order chi connectivity index (χ1) is 6.79.